The number of aryl methyl sites for hydroxylation is 1. The molecule has 116 valence electrons. The molecule has 1 aromatic rings. The van der Waals surface area contributed by atoms with E-state index >= 15 is 0 Å². The molecule has 3 nitrogen and oxygen atoms in total. The molecule has 1 aromatic carbocycles. The zero-order chi connectivity index (χ0) is 15.2. The molecule has 0 radical (unpaired) electrons. The van der Waals surface area contributed by atoms with Gasteiger partial charge >= 0.3 is 0 Å². The van der Waals surface area contributed by atoms with Crippen molar-refractivity contribution < 1.29 is 4.79 Å². The van der Waals surface area contributed by atoms with Crippen LogP contribution in [0.5, 0.6) is 0 Å². The Bertz CT molecular complexity index is 445. The molecule has 1 saturated carbocycles. The molecule has 0 spiro atoms. The van der Waals surface area contributed by atoms with Gasteiger partial charge in [0.1, 0.15) is 0 Å². The maximum atomic E-state index is 12.0. The van der Waals surface area contributed by atoms with Crippen molar-refractivity contribution in [3.05, 3.63) is 35.4 Å². The van der Waals surface area contributed by atoms with Crippen LogP contribution < -0.4 is 11.1 Å². The minimum Gasteiger partial charge on any atom is -0.353 e. The number of hydrogen-bond acceptors (Lipinski definition) is 2. The predicted octanol–water partition coefficient (Wildman–Crippen LogP) is 3.13. The minimum atomic E-state index is 0.170. The molecule has 0 unspecified atom stereocenters. The molecular formula is C18H28N2O. The Balaban J connectivity index is 1.73. The Morgan fingerprint density at radius 3 is 2.38 bits per heavy atom. The van der Waals surface area contributed by atoms with Crippen molar-refractivity contribution in [3.8, 4) is 0 Å². The molecule has 0 atom stereocenters. The Hall–Kier alpha value is -1.35. The highest BCUT2D eigenvalue weighted by atomic mass is 16.1. The quantitative estimate of drug-likeness (QED) is 0.874. The third-order valence-electron chi connectivity index (χ3n) is 4.42. The van der Waals surface area contributed by atoms with Gasteiger partial charge < -0.3 is 11.1 Å². The summed E-state index contributed by atoms with van der Waals surface area (Å²) in [5, 5.41) is 3.14. The summed E-state index contributed by atoms with van der Waals surface area (Å²) < 4.78 is 0. The van der Waals surface area contributed by atoms with Gasteiger partial charge in [-0.25, -0.2) is 0 Å². The molecule has 21 heavy (non-hydrogen) atoms. The first-order chi connectivity index (χ1) is 10.0. The van der Waals surface area contributed by atoms with E-state index in [1.165, 1.54) is 11.1 Å². The fourth-order valence-electron chi connectivity index (χ4n) is 2.89. The van der Waals surface area contributed by atoms with E-state index in [2.05, 4.69) is 43.4 Å². The SMILES string of the molecule is CC(C)c1ccc(CCC(=O)NC2CCC(N)CC2)cc1. The molecule has 1 aliphatic carbocycles. The number of hydrogen-bond donors (Lipinski definition) is 2. The number of carbonyl (C=O) groups is 1. The van der Waals surface area contributed by atoms with Gasteiger partial charge in [0.15, 0.2) is 0 Å². The first-order valence-electron chi connectivity index (χ1n) is 8.18. The van der Waals surface area contributed by atoms with E-state index < -0.39 is 0 Å². The zero-order valence-corrected chi connectivity index (χ0v) is 13.3. The summed E-state index contributed by atoms with van der Waals surface area (Å²) in [5.41, 5.74) is 8.47. The first kappa shape index (κ1) is 16.0. The lowest BCUT2D eigenvalue weighted by Crippen LogP contribution is -2.40. The van der Waals surface area contributed by atoms with E-state index in [0.717, 1.165) is 32.1 Å². The second kappa shape index (κ2) is 7.60. The van der Waals surface area contributed by atoms with Gasteiger partial charge in [0.05, 0.1) is 0 Å². The molecule has 0 bridgehead atoms. The van der Waals surface area contributed by atoms with Crippen molar-refractivity contribution in [1.82, 2.24) is 5.32 Å². The third kappa shape index (κ3) is 5.16. The lowest BCUT2D eigenvalue weighted by atomic mass is 9.91. The predicted molar refractivity (Wildman–Crippen MR) is 87.2 cm³/mol. The number of rotatable bonds is 5. The average molecular weight is 288 g/mol. The van der Waals surface area contributed by atoms with Crippen LogP contribution in [0.15, 0.2) is 24.3 Å². The Morgan fingerprint density at radius 1 is 1.19 bits per heavy atom. The smallest absolute Gasteiger partial charge is 0.220 e. The molecule has 0 heterocycles. The lowest BCUT2D eigenvalue weighted by molar-refractivity contribution is -0.122. The second-order valence-corrected chi connectivity index (χ2v) is 6.58. The van der Waals surface area contributed by atoms with E-state index in [0.29, 0.717) is 24.4 Å². The summed E-state index contributed by atoms with van der Waals surface area (Å²) in [5.74, 6) is 0.725. The maximum absolute atomic E-state index is 12.0. The van der Waals surface area contributed by atoms with Gasteiger partial charge in [-0.3, -0.25) is 4.79 Å². The van der Waals surface area contributed by atoms with Crippen molar-refractivity contribution in [2.24, 2.45) is 5.73 Å². The highest BCUT2D eigenvalue weighted by Crippen LogP contribution is 2.18. The molecule has 1 aliphatic rings. The van der Waals surface area contributed by atoms with Crippen molar-refractivity contribution in [3.63, 3.8) is 0 Å². The Morgan fingerprint density at radius 2 is 1.81 bits per heavy atom. The lowest BCUT2D eigenvalue weighted by Gasteiger charge is -2.26. The summed E-state index contributed by atoms with van der Waals surface area (Å²) in [4.78, 5) is 12.0. The summed E-state index contributed by atoms with van der Waals surface area (Å²) in [6.07, 6.45) is 5.50. The van der Waals surface area contributed by atoms with Gasteiger partial charge in [-0.05, 0) is 49.1 Å². The van der Waals surface area contributed by atoms with Crippen LogP contribution in [0.2, 0.25) is 0 Å². The van der Waals surface area contributed by atoms with Gasteiger partial charge in [0.25, 0.3) is 0 Å². The van der Waals surface area contributed by atoms with Gasteiger partial charge in [-0.1, -0.05) is 38.1 Å². The van der Waals surface area contributed by atoms with E-state index in [9.17, 15) is 4.79 Å². The summed E-state index contributed by atoms with van der Waals surface area (Å²) in [7, 11) is 0. The normalized spacial score (nSPS) is 22.3. The van der Waals surface area contributed by atoms with Crippen LogP contribution in [-0.4, -0.2) is 18.0 Å². The fourth-order valence-corrected chi connectivity index (χ4v) is 2.89. The number of amides is 1. The van der Waals surface area contributed by atoms with Gasteiger partial charge in [0, 0.05) is 18.5 Å². The van der Waals surface area contributed by atoms with E-state index in [1.807, 2.05) is 0 Å². The number of benzene rings is 1. The van der Waals surface area contributed by atoms with Crippen LogP contribution in [0.25, 0.3) is 0 Å². The van der Waals surface area contributed by atoms with Gasteiger partial charge in [-0.2, -0.15) is 0 Å². The summed E-state index contributed by atoms with van der Waals surface area (Å²) in [6.45, 7) is 4.39. The third-order valence-corrected chi connectivity index (χ3v) is 4.42. The first-order valence-corrected chi connectivity index (χ1v) is 8.18. The summed E-state index contributed by atoms with van der Waals surface area (Å²) in [6, 6.07) is 9.28. The molecule has 2 rings (SSSR count). The topological polar surface area (TPSA) is 55.1 Å². The molecule has 0 aromatic heterocycles. The molecular weight excluding hydrogens is 260 g/mol. The Labute approximate surface area is 128 Å². The second-order valence-electron chi connectivity index (χ2n) is 6.58. The number of nitrogens with one attached hydrogen (secondary N) is 1. The van der Waals surface area contributed by atoms with Crippen LogP contribution in [0.1, 0.15) is 63.0 Å². The average Bonchev–Trinajstić information content (AvgIpc) is 2.48. The Kier molecular flexibility index (Phi) is 5.80. The van der Waals surface area contributed by atoms with Gasteiger partial charge in [0.2, 0.25) is 5.91 Å². The van der Waals surface area contributed by atoms with Crippen molar-refractivity contribution >= 4 is 5.91 Å². The molecule has 1 fully saturated rings. The highest BCUT2D eigenvalue weighted by molar-refractivity contribution is 5.76. The molecule has 3 heteroatoms. The summed E-state index contributed by atoms with van der Waals surface area (Å²) >= 11 is 0. The van der Waals surface area contributed by atoms with Crippen LogP contribution in [-0.2, 0) is 11.2 Å². The van der Waals surface area contributed by atoms with Crippen molar-refractivity contribution in [2.45, 2.75) is 70.4 Å². The van der Waals surface area contributed by atoms with Gasteiger partial charge in [-0.15, -0.1) is 0 Å². The molecule has 0 saturated heterocycles. The molecule has 0 aliphatic heterocycles. The minimum absolute atomic E-state index is 0.170. The zero-order valence-electron chi connectivity index (χ0n) is 13.3. The fraction of sp³-hybridized carbons (Fsp3) is 0.611. The maximum Gasteiger partial charge on any atom is 0.220 e. The number of nitrogens with two attached hydrogens (primary N) is 1. The standard InChI is InChI=1S/C18H28N2O/c1-13(2)15-6-3-14(4-7-15)5-12-18(21)20-17-10-8-16(19)9-11-17/h3-4,6-7,13,16-17H,5,8-12,19H2,1-2H3,(H,20,21). The largest absolute Gasteiger partial charge is 0.353 e. The van der Waals surface area contributed by atoms with E-state index in [-0.39, 0.29) is 5.91 Å². The van der Waals surface area contributed by atoms with Crippen LogP contribution >= 0.6 is 0 Å². The van der Waals surface area contributed by atoms with E-state index in [4.69, 9.17) is 5.73 Å². The van der Waals surface area contributed by atoms with Crippen LogP contribution in [0, 0.1) is 0 Å². The van der Waals surface area contributed by atoms with E-state index in [1.54, 1.807) is 0 Å². The number of carbonyl (C=O) groups excluding carboxylic acids is 1. The van der Waals surface area contributed by atoms with Crippen molar-refractivity contribution in [1.29, 1.82) is 0 Å². The highest BCUT2D eigenvalue weighted by Gasteiger charge is 2.19. The van der Waals surface area contributed by atoms with Crippen LogP contribution in [0.4, 0.5) is 0 Å². The van der Waals surface area contributed by atoms with Crippen molar-refractivity contribution in [2.75, 3.05) is 0 Å². The van der Waals surface area contributed by atoms with Crippen LogP contribution in [0.3, 0.4) is 0 Å². The molecule has 3 N–H and O–H groups in total. The monoisotopic (exact) mass is 288 g/mol. The molecule has 1 amide bonds.